The lowest BCUT2D eigenvalue weighted by atomic mass is 9.87. The van der Waals surface area contributed by atoms with Crippen LogP contribution in [0.4, 0.5) is 18.9 Å². The van der Waals surface area contributed by atoms with E-state index < -0.39 is 50.9 Å². The Morgan fingerprint density at radius 3 is 2.72 bits per heavy atom. The molecule has 0 aliphatic carbocycles. The van der Waals surface area contributed by atoms with Crippen LogP contribution in [0.1, 0.15) is 17.5 Å². The predicted molar refractivity (Wildman–Crippen MR) is 79.0 cm³/mol. The summed E-state index contributed by atoms with van der Waals surface area (Å²) in [5.74, 6) is -0.386. The van der Waals surface area contributed by atoms with Crippen LogP contribution in [0, 0.1) is 17.2 Å². The number of anilines is 1. The molecule has 0 unspecified atom stereocenters. The molecule has 1 aromatic carbocycles. The van der Waals surface area contributed by atoms with Crippen LogP contribution >= 0.6 is 0 Å². The molecule has 0 saturated carbocycles. The number of nitriles is 1. The van der Waals surface area contributed by atoms with E-state index in [9.17, 15) is 26.7 Å². The maximum absolute atomic E-state index is 13.1. The molecule has 3 aliphatic rings. The molecule has 1 aromatic rings. The van der Waals surface area contributed by atoms with E-state index in [4.69, 9.17) is 10.00 Å². The second-order valence-electron chi connectivity index (χ2n) is 6.49. The van der Waals surface area contributed by atoms with Crippen LogP contribution in [0.5, 0.6) is 0 Å². The summed E-state index contributed by atoms with van der Waals surface area (Å²) < 4.78 is 71.5. The highest BCUT2D eigenvalue weighted by atomic mass is 32.2. The van der Waals surface area contributed by atoms with Gasteiger partial charge in [-0.05, 0) is 18.2 Å². The quantitative estimate of drug-likeness (QED) is 0.799. The molecule has 25 heavy (non-hydrogen) atoms. The fraction of sp³-hybridized carbons (Fsp3) is 0.533. The third-order valence-electron chi connectivity index (χ3n) is 5.15. The normalized spacial score (nSPS) is 35.6. The molecule has 5 atom stereocenters. The standard InChI is InChI=1S/C15H13F3N2O4S/c16-15(17,18)10-3-8(2-1-7(10)5-19)20-6-9-12-4-11(21)13(24-12)14(9)25(20,22)23/h1-3,9,11-14,21H,4,6H2/t9-,11+,12+,13-,14-/m1/s1. The van der Waals surface area contributed by atoms with E-state index in [0.717, 1.165) is 10.4 Å². The third-order valence-corrected chi connectivity index (χ3v) is 7.43. The second-order valence-corrected chi connectivity index (χ2v) is 8.50. The number of ether oxygens (including phenoxy) is 1. The molecule has 3 aliphatic heterocycles. The predicted octanol–water partition coefficient (Wildman–Crippen LogP) is 1.24. The highest BCUT2D eigenvalue weighted by Gasteiger charge is 2.64. The van der Waals surface area contributed by atoms with Crippen LogP contribution in [0.15, 0.2) is 18.2 Å². The number of fused-ring (bicyclic) bond motifs is 5. The minimum absolute atomic E-state index is 0.00405. The Morgan fingerprint density at radius 2 is 2.08 bits per heavy atom. The molecular weight excluding hydrogens is 361 g/mol. The number of hydrogen-bond donors (Lipinski definition) is 1. The van der Waals surface area contributed by atoms with E-state index in [1.165, 1.54) is 12.1 Å². The van der Waals surface area contributed by atoms with Crippen molar-refractivity contribution in [2.75, 3.05) is 10.8 Å². The van der Waals surface area contributed by atoms with Crippen LogP contribution in [0.3, 0.4) is 0 Å². The van der Waals surface area contributed by atoms with Gasteiger partial charge in [-0.25, -0.2) is 8.42 Å². The first-order chi connectivity index (χ1) is 11.6. The summed E-state index contributed by atoms with van der Waals surface area (Å²) in [4.78, 5) is 0. The maximum Gasteiger partial charge on any atom is 0.417 e. The van der Waals surface area contributed by atoms with Gasteiger partial charge in [0, 0.05) is 18.9 Å². The van der Waals surface area contributed by atoms with Gasteiger partial charge in [0.25, 0.3) is 0 Å². The van der Waals surface area contributed by atoms with E-state index >= 15 is 0 Å². The van der Waals surface area contributed by atoms with Crippen molar-refractivity contribution in [2.24, 2.45) is 5.92 Å². The SMILES string of the molecule is N#Cc1ccc(N2C[C@H]3[C@H]([C@@H]4O[C@H]3C[C@@H]4O)S2(=O)=O)cc1C(F)(F)F. The topological polar surface area (TPSA) is 90.6 Å². The van der Waals surface area contributed by atoms with Gasteiger partial charge < -0.3 is 9.84 Å². The number of nitrogens with zero attached hydrogens (tertiary/aromatic N) is 2. The summed E-state index contributed by atoms with van der Waals surface area (Å²) in [5.41, 5.74) is -1.86. The van der Waals surface area contributed by atoms with Gasteiger partial charge in [-0.3, -0.25) is 4.31 Å². The summed E-state index contributed by atoms with van der Waals surface area (Å²) in [7, 11) is -3.97. The average Bonchev–Trinajstić information content (AvgIpc) is 3.15. The van der Waals surface area contributed by atoms with Crippen molar-refractivity contribution in [3.63, 3.8) is 0 Å². The molecule has 0 radical (unpaired) electrons. The monoisotopic (exact) mass is 374 g/mol. The molecule has 1 N–H and O–H groups in total. The Hall–Kier alpha value is -1.83. The number of halogens is 3. The van der Waals surface area contributed by atoms with Crippen molar-refractivity contribution in [3.05, 3.63) is 29.3 Å². The van der Waals surface area contributed by atoms with Gasteiger partial charge in [0.15, 0.2) is 0 Å². The largest absolute Gasteiger partial charge is 0.417 e. The zero-order valence-electron chi connectivity index (χ0n) is 12.6. The number of benzene rings is 1. The molecule has 4 rings (SSSR count). The van der Waals surface area contributed by atoms with Crippen molar-refractivity contribution >= 4 is 15.7 Å². The van der Waals surface area contributed by atoms with Gasteiger partial charge >= 0.3 is 6.18 Å². The average molecular weight is 374 g/mol. The molecular formula is C15H13F3N2O4S. The Bertz CT molecular complexity index is 880. The highest BCUT2D eigenvalue weighted by Crippen LogP contribution is 2.49. The smallest absolute Gasteiger partial charge is 0.390 e. The lowest BCUT2D eigenvalue weighted by Crippen LogP contribution is -2.42. The Labute approximate surface area is 141 Å². The molecule has 134 valence electrons. The number of alkyl halides is 3. The minimum Gasteiger partial charge on any atom is -0.390 e. The fourth-order valence-electron chi connectivity index (χ4n) is 4.07. The van der Waals surface area contributed by atoms with Gasteiger partial charge in [0.2, 0.25) is 10.0 Å². The number of hydrogen-bond acceptors (Lipinski definition) is 5. The number of aliphatic hydroxyl groups excluding tert-OH is 1. The van der Waals surface area contributed by atoms with E-state index in [2.05, 4.69) is 0 Å². The van der Waals surface area contributed by atoms with Crippen molar-refractivity contribution in [2.45, 2.75) is 36.2 Å². The number of sulfonamides is 1. The van der Waals surface area contributed by atoms with Crippen LogP contribution < -0.4 is 4.31 Å². The lowest BCUT2D eigenvalue weighted by molar-refractivity contribution is -0.137. The molecule has 2 bridgehead atoms. The van der Waals surface area contributed by atoms with Crippen LogP contribution in [0.2, 0.25) is 0 Å². The van der Waals surface area contributed by atoms with Crippen LogP contribution in [0.25, 0.3) is 0 Å². The first-order valence-electron chi connectivity index (χ1n) is 7.61. The third kappa shape index (κ3) is 2.26. The van der Waals surface area contributed by atoms with Crippen molar-refractivity contribution < 1.29 is 31.4 Å². The second kappa shape index (κ2) is 5.09. The van der Waals surface area contributed by atoms with Crippen LogP contribution in [-0.2, 0) is 20.9 Å². The maximum atomic E-state index is 13.1. The molecule has 10 heteroatoms. The Balaban J connectivity index is 1.76. The summed E-state index contributed by atoms with van der Waals surface area (Å²) in [5, 5.41) is 17.8. The number of rotatable bonds is 1. The van der Waals surface area contributed by atoms with Crippen molar-refractivity contribution in [3.8, 4) is 6.07 Å². The van der Waals surface area contributed by atoms with E-state index in [1.54, 1.807) is 0 Å². The van der Waals surface area contributed by atoms with Gasteiger partial charge in [0.1, 0.15) is 11.4 Å². The van der Waals surface area contributed by atoms with Crippen molar-refractivity contribution in [1.29, 1.82) is 5.26 Å². The molecule has 0 amide bonds. The number of aliphatic hydroxyl groups is 1. The molecule has 3 saturated heterocycles. The van der Waals surface area contributed by atoms with Gasteiger partial charge in [-0.2, -0.15) is 18.4 Å². The molecule has 3 fully saturated rings. The van der Waals surface area contributed by atoms with Gasteiger partial charge in [-0.15, -0.1) is 0 Å². The zero-order chi connectivity index (χ0) is 18.1. The molecule has 0 spiro atoms. The Morgan fingerprint density at radius 1 is 1.36 bits per heavy atom. The van der Waals surface area contributed by atoms with E-state index in [0.29, 0.717) is 12.5 Å². The van der Waals surface area contributed by atoms with Gasteiger partial charge in [0.05, 0.1) is 35.1 Å². The Kier molecular flexibility index (Phi) is 3.39. The van der Waals surface area contributed by atoms with E-state index in [-0.39, 0.29) is 18.2 Å². The zero-order valence-corrected chi connectivity index (χ0v) is 13.5. The summed E-state index contributed by atoms with van der Waals surface area (Å²) >= 11 is 0. The summed E-state index contributed by atoms with van der Waals surface area (Å²) in [6.45, 7) is 0.00405. The first kappa shape index (κ1) is 16.6. The van der Waals surface area contributed by atoms with E-state index in [1.807, 2.05) is 0 Å². The fourth-order valence-corrected chi connectivity index (χ4v) is 6.44. The first-order valence-corrected chi connectivity index (χ1v) is 9.11. The van der Waals surface area contributed by atoms with Crippen LogP contribution in [-0.4, -0.2) is 43.6 Å². The summed E-state index contributed by atoms with van der Waals surface area (Å²) in [6.07, 6.45) is -6.57. The summed E-state index contributed by atoms with van der Waals surface area (Å²) in [6, 6.07) is 4.33. The molecule has 0 aromatic heterocycles. The lowest BCUT2D eigenvalue weighted by Gasteiger charge is -2.23. The molecule has 3 heterocycles. The minimum atomic E-state index is -4.77. The van der Waals surface area contributed by atoms with Crippen molar-refractivity contribution in [1.82, 2.24) is 0 Å². The highest BCUT2D eigenvalue weighted by molar-refractivity contribution is 7.93. The molecule has 6 nitrogen and oxygen atoms in total. The van der Waals surface area contributed by atoms with Gasteiger partial charge in [-0.1, -0.05) is 0 Å².